The van der Waals surface area contributed by atoms with Crippen LogP contribution in [-0.2, 0) is 35.3 Å². The minimum Gasteiger partial charge on any atom is -0.507 e. The second-order valence-corrected chi connectivity index (χ2v) is 23.9. The number of β-amino-alcohol motifs (C(OH)–C–C–N with tert-alkyl or cyclic N) is 1. The fourth-order valence-electron chi connectivity index (χ4n) is 13.9. The lowest BCUT2D eigenvalue weighted by Crippen LogP contribution is -2.40. The zero-order valence-electron chi connectivity index (χ0n) is 48.1. The minimum atomic E-state index is -1.89. The fourth-order valence-corrected chi connectivity index (χ4v) is 13.9. The number of ketones is 2. The molecule has 11 atom stereocenters. The number of dihydropyridines is 1. The number of H-pyrrole nitrogens is 1. The van der Waals surface area contributed by atoms with E-state index in [1.807, 2.05) is 72.9 Å². The van der Waals surface area contributed by atoms with Gasteiger partial charge in [-0.05, 0) is 167 Å². The molecule has 13 heteroatoms. The average Bonchev–Trinajstić information content (AvgIpc) is 4.13. The van der Waals surface area contributed by atoms with Gasteiger partial charge in [0.1, 0.15) is 11.6 Å². The van der Waals surface area contributed by atoms with E-state index in [4.69, 9.17) is 4.74 Å². The van der Waals surface area contributed by atoms with Crippen molar-refractivity contribution in [3.8, 4) is 29.1 Å². The summed E-state index contributed by atoms with van der Waals surface area (Å²) in [5.41, 5.74) is 8.89. The van der Waals surface area contributed by atoms with E-state index in [-0.39, 0.29) is 72.7 Å². The van der Waals surface area contributed by atoms with Crippen molar-refractivity contribution < 1.29 is 45.0 Å². The fraction of sp³-hybridized carbons (Fsp3) is 0.429. The second kappa shape index (κ2) is 27.0. The van der Waals surface area contributed by atoms with Crippen LogP contribution in [0, 0.1) is 47.3 Å². The molecule has 0 saturated heterocycles. The van der Waals surface area contributed by atoms with Crippen LogP contribution >= 0.6 is 0 Å². The van der Waals surface area contributed by atoms with Crippen molar-refractivity contribution in [3.63, 3.8) is 0 Å². The van der Waals surface area contributed by atoms with Crippen LogP contribution in [0.4, 0.5) is 5.69 Å². The number of aryl methyl sites for hydroxylation is 1. The van der Waals surface area contributed by atoms with E-state index < -0.39 is 47.6 Å². The summed E-state index contributed by atoms with van der Waals surface area (Å²) in [6.45, 7) is 5.60. The van der Waals surface area contributed by atoms with Gasteiger partial charge in [0.2, 0.25) is 0 Å². The number of aromatic hydroxyl groups is 2. The molecule has 1 aromatic heterocycles. The van der Waals surface area contributed by atoms with E-state index >= 15 is 4.79 Å². The van der Waals surface area contributed by atoms with Gasteiger partial charge in [0, 0.05) is 80.3 Å². The van der Waals surface area contributed by atoms with E-state index in [1.54, 1.807) is 12.1 Å². The van der Waals surface area contributed by atoms with Gasteiger partial charge in [-0.2, -0.15) is 0 Å². The van der Waals surface area contributed by atoms with Crippen molar-refractivity contribution in [2.45, 2.75) is 121 Å². The first-order valence-corrected chi connectivity index (χ1v) is 30.1. The maximum Gasteiger partial charge on any atom is 0.173 e. The van der Waals surface area contributed by atoms with Crippen LogP contribution in [0.25, 0.3) is 10.8 Å². The molecule has 10 rings (SSSR count). The van der Waals surface area contributed by atoms with Gasteiger partial charge >= 0.3 is 0 Å². The quantitative estimate of drug-likeness (QED) is 0.0484. The van der Waals surface area contributed by atoms with E-state index in [0.717, 1.165) is 56.8 Å². The number of ether oxygens (including phenoxy) is 1. The van der Waals surface area contributed by atoms with Crippen LogP contribution in [0.5, 0.6) is 17.2 Å². The van der Waals surface area contributed by atoms with Gasteiger partial charge in [0.25, 0.3) is 0 Å². The van der Waals surface area contributed by atoms with E-state index in [0.29, 0.717) is 93.1 Å². The highest BCUT2D eigenvalue weighted by Crippen LogP contribution is 2.48. The molecular formula is C70H82N4O9. The number of hydrogen-bond donors (Lipinski definition) is 10. The number of allylic oxidation sites excluding steroid dienone is 2. The predicted octanol–water partition coefficient (Wildman–Crippen LogP) is 9.91. The molecule has 11 unspecified atom stereocenters. The number of aliphatic hydroxyl groups excluding tert-OH is 4. The Bertz CT molecular complexity index is 3360. The lowest BCUT2D eigenvalue weighted by Gasteiger charge is -2.36. The molecular weight excluding hydrogens is 1040 g/mol. The zero-order valence-corrected chi connectivity index (χ0v) is 48.1. The van der Waals surface area contributed by atoms with Crippen molar-refractivity contribution in [1.29, 1.82) is 0 Å². The first kappa shape index (κ1) is 59.0. The Labute approximate surface area is 488 Å². The van der Waals surface area contributed by atoms with E-state index in [1.165, 1.54) is 7.11 Å². The van der Waals surface area contributed by atoms with Crippen LogP contribution in [0.1, 0.15) is 122 Å². The molecule has 1 fully saturated rings. The zero-order chi connectivity index (χ0) is 58.1. The summed E-state index contributed by atoms with van der Waals surface area (Å²) in [5.74, 6) is 4.47. The van der Waals surface area contributed by atoms with Crippen molar-refractivity contribution >= 4 is 28.0 Å². The molecule has 436 valence electrons. The smallest absolute Gasteiger partial charge is 0.173 e. The van der Waals surface area contributed by atoms with Gasteiger partial charge in [-0.1, -0.05) is 111 Å². The van der Waals surface area contributed by atoms with Gasteiger partial charge in [0.15, 0.2) is 29.2 Å². The molecule has 1 saturated carbocycles. The monoisotopic (exact) mass is 1120 g/mol. The Balaban J connectivity index is 1.13. The number of phenolic OH excluding ortho intramolecular Hbond substituents is 2. The van der Waals surface area contributed by atoms with Crippen LogP contribution in [0.2, 0.25) is 0 Å². The number of aromatic amines is 1. The SMILES string of the molecule is CCCC1C(O)Cc2cc(c[nH]2)C(C)CNCC(O)Cc2ccc3cc(Cc4ccccc4)c(cc3c2O)NC2=CC(=CCN2)C(CCCO)C2CC3C#CC(c4ccccc4)c4cc(O)c(OC)cc4CCC(=O)C(O)C(=O)C3CC1C2. The number of phenols is 2. The number of rotatable bonds is 9. The predicted molar refractivity (Wildman–Crippen MR) is 325 cm³/mol. The molecule has 4 aliphatic rings. The number of hydrogen-bond acceptors (Lipinski definition) is 12. The van der Waals surface area contributed by atoms with Crippen molar-refractivity contribution in [2.24, 2.45) is 35.5 Å². The van der Waals surface area contributed by atoms with Gasteiger partial charge in [-0.25, -0.2) is 0 Å². The van der Waals surface area contributed by atoms with Gasteiger partial charge in [0.05, 0.1) is 25.2 Å². The number of fused-ring (bicyclic) bond motifs is 9. The normalized spacial score (nSPS) is 26.4. The standard InChI is InChI=1S/C70H82N4O9/c1-4-12-58-51-30-50(28-46-20-22-57(44-15-9-6-10-16-44)59-38-65(79)66(83-3)34-47(59)21-23-63(77)70(82)69(81)60(46)33-51)56(17-11-26-75)48-24-25-72-67(35-48)74-62-37-61-45(29-52(62)27-43-13-7-5-8-14-43)18-19-49(68(61)80)32-55(76)41-71-39-42(2)53-31-54(73-40-53)36-64(58)78/h5-10,13-16,18-19,24,29,31,34-35,37-38,40,42,46,50-51,55-58,60,64,70-76,78-80,82H,4,11-12,17,21,23,25-28,30,32-33,36,39,41H2,1-3H3. The number of nitrogens with one attached hydrogen (secondary N) is 4. The highest BCUT2D eigenvalue weighted by molar-refractivity contribution is 6.06. The maximum atomic E-state index is 15.3. The summed E-state index contributed by atoms with van der Waals surface area (Å²) in [6.07, 6.45) is 8.04. The molecule has 0 spiro atoms. The van der Waals surface area contributed by atoms with Crippen LogP contribution in [0.3, 0.4) is 0 Å². The topological polar surface area (TPSA) is 217 Å². The van der Waals surface area contributed by atoms with Crippen LogP contribution in [-0.4, -0.2) is 98.9 Å². The second-order valence-electron chi connectivity index (χ2n) is 23.9. The summed E-state index contributed by atoms with van der Waals surface area (Å²) < 4.78 is 5.55. The van der Waals surface area contributed by atoms with E-state index in [2.05, 4.69) is 83.0 Å². The third-order valence-electron chi connectivity index (χ3n) is 18.3. The van der Waals surface area contributed by atoms with E-state index in [9.17, 15) is 35.4 Å². The lowest BCUT2D eigenvalue weighted by atomic mass is 9.71. The largest absolute Gasteiger partial charge is 0.507 e. The molecule has 3 heterocycles. The third-order valence-corrected chi connectivity index (χ3v) is 18.3. The van der Waals surface area contributed by atoms with Gasteiger partial charge in [-0.3, -0.25) is 9.59 Å². The highest BCUT2D eigenvalue weighted by atomic mass is 16.5. The molecule has 13 nitrogen and oxygen atoms in total. The number of anilines is 1. The Morgan fingerprint density at radius 3 is 2.36 bits per heavy atom. The molecule has 83 heavy (non-hydrogen) atoms. The van der Waals surface area contributed by atoms with Crippen molar-refractivity contribution in [1.82, 2.24) is 15.6 Å². The summed E-state index contributed by atoms with van der Waals surface area (Å²) in [6, 6.07) is 33.6. The minimum absolute atomic E-state index is 0.0339. The lowest BCUT2D eigenvalue weighted by molar-refractivity contribution is -0.142. The third kappa shape index (κ3) is 13.8. The van der Waals surface area contributed by atoms with Crippen LogP contribution in [0.15, 0.2) is 133 Å². The molecule has 6 aromatic rings. The summed E-state index contributed by atoms with van der Waals surface area (Å²) in [7, 11) is 1.47. The van der Waals surface area contributed by atoms with Crippen LogP contribution < -0.4 is 20.7 Å². The van der Waals surface area contributed by atoms with Crippen molar-refractivity contribution in [2.75, 3.05) is 38.7 Å². The molecule has 2 aliphatic carbocycles. The number of aromatic nitrogens is 1. The number of Topliss-reactive ketones (excluding diaryl/α,β-unsaturated/α-hetero) is 2. The average molecular weight is 1120 g/mol. The molecule has 5 aromatic carbocycles. The van der Waals surface area contributed by atoms with Gasteiger partial charge in [-0.15, -0.1) is 0 Å². The summed E-state index contributed by atoms with van der Waals surface area (Å²) in [4.78, 5) is 33.1. The molecule has 10 N–H and O–H groups in total. The number of methoxy groups -OCH3 is 1. The molecule has 9 bridgehead atoms. The Hall–Kier alpha value is -7.18. The highest BCUT2D eigenvalue weighted by Gasteiger charge is 2.45. The molecule has 0 amide bonds. The summed E-state index contributed by atoms with van der Waals surface area (Å²) >= 11 is 0. The molecule has 0 radical (unpaired) electrons. The first-order valence-electron chi connectivity index (χ1n) is 30.1. The maximum absolute atomic E-state index is 15.3. The first-order chi connectivity index (χ1) is 40.3. The summed E-state index contributed by atoms with van der Waals surface area (Å²) in [5, 5.41) is 82.4. The Kier molecular flexibility index (Phi) is 19.2. The van der Waals surface area contributed by atoms with Crippen molar-refractivity contribution in [3.05, 3.63) is 178 Å². The number of carbonyl (C=O) groups excluding carboxylic acids is 2. The molecule has 2 aliphatic heterocycles. The Morgan fingerprint density at radius 1 is 0.795 bits per heavy atom. The number of carbonyl (C=O) groups is 2. The number of aliphatic hydroxyl groups is 4. The Morgan fingerprint density at radius 2 is 1.59 bits per heavy atom. The number of benzene rings is 5. The van der Waals surface area contributed by atoms with Gasteiger partial charge < -0.3 is 56.3 Å².